The molecule has 0 saturated carbocycles. The molecule has 35 heavy (non-hydrogen) atoms. The van der Waals surface area contributed by atoms with Gasteiger partial charge in [-0.2, -0.15) is 18.3 Å². The van der Waals surface area contributed by atoms with E-state index in [0.717, 1.165) is 5.56 Å². The number of hydrogen-bond donors (Lipinski definition) is 2. The second kappa shape index (κ2) is 9.32. The Balaban J connectivity index is 1.63. The second-order valence-corrected chi connectivity index (χ2v) is 8.16. The van der Waals surface area contributed by atoms with Gasteiger partial charge in [0, 0.05) is 13.1 Å². The van der Waals surface area contributed by atoms with E-state index in [1.165, 1.54) is 28.9 Å². The molecule has 0 aliphatic carbocycles. The number of benzene rings is 2. The van der Waals surface area contributed by atoms with Crippen molar-refractivity contribution in [2.75, 3.05) is 18.6 Å². The normalized spacial score (nSPS) is 13.9. The summed E-state index contributed by atoms with van der Waals surface area (Å²) in [5.41, 5.74) is -0.311. The number of fused-ring (bicyclic) bond motifs is 1. The number of halogens is 3. The molecular formula is C24H23F3N4O4. The van der Waals surface area contributed by atoms with Crippen LogP contribution in [0.3, 0.4) is 0 Å². The summed E-state index contributed by atoms with van der Waals surface area (Å²) in [4.78, 5) is 25.9. The highest BCUT2D eigenvalue weighted by Crippen LogP contribution is 2.38. The minimum atomic E-state index is -4.82. The number of ether oxygens (including phenoxy) is 1. The van der Waals surface area contributed by atoms with Crippen LogP contribution < -0.4 is 15.0 Å². The van der Waals surface area contributed by atoms with E-state index in [0.29, 0.717) is 24.4 Å². The smallest absolute Gasteiger partial charge is 0.436 e. The highest BCUT2D eigenvalue weighted by Gasteiger charge is 2.44. The molecule has 11 heteroatoms. The molecule has 1 atom stereocenters. The lowest BCUT2D eigenvalue weighted by molar-refractivity contribution is -0.141. The van der Waals surface area contributed by atoms with Gasteiger partial charge in [-0.1, -0.05) is 24.3 Å². The molecule has 1 aromatic heterocycles. The van der Waals surface area contributed by atoms with Crippen molar-refractivity contribution >= 4 is 17.7 Å². The first kappa shape index (κ1) is 24.1. The van der Waals surface area contributed by atoms with Crippen LogP contribution in [0.15, 0.2) is 48.5 Å². The Labute approximate surface area is 198 Å². The van der Waals surface area contributed by atoms with E-state index in [9.17, 15) is 22.8 Å². The van der Waals surface area contributed by atoms with Crippen LogP contribution in [0.1, 0.15) is 50.5 Å². The van der Waals surface area contributed by atoms with Gasteiger partial charge in [-0.25, -0.2) is 9.48 Å². The van der Waals surface area contributed by atoms with Gasteiger partial charge in [-0.05, 0) is 42.3 Å². The van der Waals surface area contributed by atoms with E-state index in [1.807, 2.05) is 12.1 Å². The van der Waals surface area contributed by atoms with E-state index >= 15 is 0 Å². The molecule has 0 saturated heterocycles. The van der Waals surface area contributed by atoms with Crippen LogP contribution in [0.5, 0.6) is 5.75 Å². The predicted molar refractivity (Wildman–Crippen MR) is 121 cm³/mol. The lowest BCUT2D eigenvalue weighted by Gasteiger charge is -2.21. The van der Waals surface area contributed by atoms with Gasteiger partial charge in [0.15, 0.2) is 5.69 Å². The first-order valence-corrected chi connectivity index (χ1v) is 10.8. The largest absolute Gasteiger partial charge is 0.497 e. The molecule has 0 bridgehead atoms. The third-order valence-corrected chi connectivity index (χ3v) is 5.84. The predicted octanol–water partition coefficient (Wildman–Crippen LogP) is 4.12. The average Bonchev–Trinajstić information content (AvgIpc) is 3.39. The highest BCUT2D eigenvalue weighted by molar-refractivity contribution is 6.01. The molecule has 0 unspecified atom stereocenters. The minimum absolute atomic E-state index is 0.0651. The molecule has 184 valence electrons. The van der Waals surface area contributed by atoms with Crippen molar-refractivity contribution in [3.05, 3.63) is 76.5 Å². The van der Waals surface area contributed by atoms with Crippen molar-refractivity contribution in [2.24, 2.45) is 0 Å². The van der Waals surface area contributed by atoms with Crippen LogP contribution >= 0.6 is 0 Å². The van der Waals surface area contributed by atoms with Crippen LogP contribution in [0.25, 0.3) is 0 Å². The minimum Gasteiger partial charge on any atom is -0.497 e. The lowest BCUT2D eigenvalue weighted by Crippen LogP contribution is -2.31. The van der Waals surface area contributed by atoms with Gasteiger partial charge in [0.05, 0.1) is 25.3 Å². The van der Waals surface area contributed by atoms with Gasteiger partial charge in [0.2, 0.25) is 0 Å². The Kier molecular flexibility index (Phi) is 6.42. The van der Waals surface area contributed by atoms with Crippen molar-refractivity contribution in [3.8, 4) is 5.75 Å². The van der Waals surface area contributed by atoms with Gasteiger partial charge in [0.1, 0.15) is 17.1 Å². The Morgan fingerprint density at radius 2 is 1.77 bits per heavy atom. The third kappa shape index (κ3) is 4.93. The van der Waals surface area contributed by atoms with Crippen molar-refractivity contribution in [3.63, 3.8) is 0 Å². The maximum atomic E-state index is 13.8. The van der Waals surface area contributed by atoms with E-state index in [4.69, 9.17) is 9.84 Å². The maximum Gasteiger partial charge on any atom is 0.436 e. The summed E-state index contributed by atoms with van der Waals surface area (Å²) >= 11 is 0. The first-order chi connectivity index (χ1) is 16.6. The molecule has 8 nitrogen and oxygen atoms in total. The van der Waals surface area contributed by atoms with Crippen LogP contribution in [0.4, 0.5) is 19.0 Å². The Hall–Kier alpha value is -4.02. The molecule has 0 fully saturated rings. The molecule has 1 aliphatic rings. The van der Waals surface area contributed by atoms with E-state index in [1.54, 1.807) is 31.1 Å². The standard InChI is InChI=1S/C24H23F3N4O4/c1-14(16-5-7-17(8-6-16)23(33)34)28-21(32)19-20(24(25,26)27)29-31-12-11-30(22(19)31)13-15-3-9-18(35-2)10-4-15/h3-10,14H,11-13H2,1-2H3,(H,28,32)(H,33,34)/t14-/m0/s1. The zero-order valence-electron chi connectivity index (χ0n) is 19.0. The number of carboxylic acid groups (broad SMARTS) is 1. The zero-order valence-corrected chi connectivity index (χ0v) is 19.0. The van der Waals surface area contributed by atoms with E-state index in [2.05, 4.69) is 10.4 Å². The quantitative estimate of drug-likeness (QED) is 0.520. The molecule has 4 rings (SSSR count). The summed E-state index contributed by atoms with van der Waals surface area (Å²) < 4.78 is 47.9. The summed E-state index contributed by atoms with van der Waals surface area (Å²) in [6.07, 6.45) is -4.82. The molecular weight excluding hydrogens is 465 g/mol. The molecule has 2 N–H and O–H groups in total. The summed E-state index contributed by atoms with van der Waals surface area (Å²) in [7, 11) is 1.54. The SMILES string of the molecule is COc1ccc(CN2CCn3nc(C(F)(F)F)c(C(=O)N[C@@H](C)c4ccc(C(=O)O)cc4)c32)cc1. The molecule has 0 radical (unpaired) electrons. The Bertz CT molecular complexity index is 1240. The highest BCUT2D eigenvalue weighted by atomic mass is 19.4. The maximum absolute atomic E-state index is 13.8. The molecule has 2 heterocycles. The number of carbonyl (C=O) groups excluding carboxylic acids is 1. The number of carboxylic acids is 1. The summed E-state index contributed by atoms with van der Waals surface area (Å²) in [6.45, 7) is 2.52. The topological polar surface area (TPSA) is 96.7 Å². The fourth-order valence-corrected chi connectivity index (χ4v) is 4.03. The number of nitrogens with zero attached hydrogens (tertiary/aromatic N) is 3. The fraction of sp³-hybridized carbons (Fsp3) is 0.292. The molecule has 1 amide bonds. The number of alkyl halides is 3. The first-order valence-electron chi connectivity index (χ1n) is 10.8. The number of hydrogen-bond acceptors (Lipinski definition) is 5. The number of methoxy groups -OCH3 is 1. The van der Waals surface area contributed by atoms with Crippen molar-refractivity contribution < 1.29 is 32.6 Å². The van der Waals surface area contributed by atoms with E-state index < -0.39 is 35.4 Å². The van der Waals surface area contributed by atoms with Gasteiger partial charge in [-0.15, -0.1) is 0 Å². The van der Waals surface area contributed by atoms with Crippen molar-refractivity contribution in [1.82, 2.24) is 15.1 Å². The van der Waals surface area contributed by atoms with Gasteiger partial charge in [-0.3, -0.25) is 4.79 Å². The van der Waals surface area contributed by atoms with Crippen molar-refractivity contribution in [2.45, 2.75) is 32.2 Å². The van der Waals surface area contributed by atoms with Gasteiger partial charge in [0.25, 0.3) is 5.91 Å². The second-order valence-electron chi connectivity index (χ2n) is 8.16. The summed E-state index contributed by atoms with van der Waals surface area (Å²) in [5.74, 6) is -1.24. The van der Waals surface area contributed by atoms with Crippen LogP contribution in [-0.2, 0) is 19.3 Å². The monoisotopic (exact) mass is 488 g/mol. The van der Waals surface area contributed by atoms with Gasteiger partial charge < -0.3 is 20.1 Å². The molecule has 1 aliphatic heterocycles. The summed E-state index contributed by atoms with van der Waals surface area (Å²) in [5, 5.41) is 15.4. The zero-order chi connectivity index (χ0) is 25.3. The van der Waals surface area contributed by atoms with E-state index in [-0.39, 0.29) is 17.9 Å². The molecule has 3 aromatic rings. The van der Waals surface area contributed by atoms with Gasteiger partial charge >= 0.3 is 12.1 Å². The van der Waals surface area contributed by atoms with Crippen LogP contribution in [-0.4, -0.2) is 40.4 Å². The third-order valence-electron chi connectivity index (χ3n) is 5.84. The molecule has 2 aromatic carbocycles. The average molecular weight is 488 g/mol. The number of amides is 1. The lowest BCUT2D eigenvalue weighted by atomic mass is 10.1. The Morgan fingerprint density at radius 1 is 1.11 bits per heavy atom. The molecule has 0 spiro atoms. The van der Waals surface area contributed by atoms with Crippen LogP contribution in [0, 0.1) is 0 Å². The Morgan fingerprint density at radius 3 is 2.34 bits per heavy atom. The van der Waals surface area contributed by atoms with Crippen molar-refractivity contribution in [1.29, 1.82) is 0 Å². The van der Waals surface area contributed by atoms with Crippen LogP contribution in [0.2, 0.25) is 0 Å². The number of nitrogens with one attached hydrogen (secondary N) is 1. The number of aromatic carboxylic acids is 1. The summed E-state index contributed by atoms with van der Waals surface area (Å²) in [6, 6.07) is 12.2. The fourth-order valence-electron chi connectivity index (χ4n) is 4.03. The number of aromatic nitrogens is 2. The number of anilines is 1. The number of carbonyl (C=O) groups is 2. The number of rotatable bonds is 7.